The first kappa shape index (κ1) is 12.1. The fourth-order valence-electron chi connectivity index (χ4n) is 2.63. The summed E-state index contributed by atoms with van der Waals surface area (Å²) >= 11 is 1.77. The van der Waals surface area contributed by atoms with Gasteiger partial charge in [-0.25, -0.2) is 4.98 Å². The van der Waals surface area contributed by atoms with Crippen LogP contribution in [-0.4, -0.2) is 9.55 Å². The number of benzene rings is 1. The van der Waals surface area contributed by atoms with E-state index in [2.05, 4.69) is 46.2 Å². The van der Waals surface area contributed by atoms with E-state index in [1.807, 2.05) is 6.07 Å². The van der Waals surface area contributed by atoms with Crippen LogP contribution >= 0.6 is 11.3 Å². The van der Waals surface area contributed by atoms with E-state index in [0.717, 1.165) is 17.1 Å². The molecule has 4 rings (SSSR count). The first-order chi connectivity index (χ1) is 9.79. The summed E-state index contributed by atoms with van der Waals surface area (Å²) in [6.07, 6.45) is 6.85. The SMILES string of the molecule is NC(c1ccn(Cc2nc3ccccc3s2)c1)C1CC1. The molecule has 1 saturated carbocycles. The summed E-state index contributed by atoms with van der Waals surface area (Å²) in [5.41, 5.74) is 8.59. The van der Waals surface area contributed by atoms with Crippen molar-refractivity contribution in [2.45, 2.75) is 25.4 Å². The molecular formula is C16H17N3S. The second-order valence-electron chi connectivity index (χ2n) is 5.56. The van der Waals surface area contributed by atoms with Gasteiger partial charge in [-0.2, -0.15) is 0 Å². The summed E-state index contributed by atoms with van der Waals surface area (Å²) in [5.74, 6) is 0.702. The molecule has 0 amide bonds. The van der Waals surface area contributed by atoms with Crippen LogP contribution in [0.3, 0.4) is 0 Å². The van der Waals surface area contributed by atoms with Crippen LogP contribution in [0, 0.1) is 5.92 Å². The van der Waals surface area contributed by atoms with Gasteiger partial charge in [0.1, 0.15) is 5.01 Å². The molecule has 2 aromatic heterocycles. The standard InChI is InChI=1S/C16H17N3S/c17-16(11-5-6-11)12-7-8-19(9-12)10-15-18-13-3-1-2-4-14(13)20-15/h1-4,7-9,11,16H,5-6,10,17H2. The zero-order valence-electron chi connectivity index (χ0n) is 11.2. The number of hydrogen-bond acceptors (Lipinski definition) is 3. The van der Waals surface area contributed by atoms with Crippen molar-refractivity contribution in [3.8, 4) is 0 Å². The molecule has 2 heterocycles. The highest BCUT2D eigenvalue weighted by molar-refractivity contribution is 7.18. The fraction of sp³-hybridized carbons (Fsp3) is 0.312. The Kier molecular flexibility index (Phi) is 2.86. The topological polar surface area (TPSA) is 43.8 Å². The van der Waals surface area contributed by atoms with Gasteiger partial charge in [0.05, 0.1) is 16.8 Å². The largest absolute Gasteiger partial charge is 0.347 e. The Morgan fingerprint density at radius 1 is 1.30 bits per heavy atom. The van der Waals surface area contributed by atoms with Crippen molar-refractivity contribution in [2.75, 3.05) is 0 Å². The van der Waals surface area contributed by atoms with E-state index in [1.165, 1.54) is 23.1 Å². The van der Waals surface area contributed by atoms with E-state index in [4.69, 9.17) is 5.73 Å². The van der Waals surface area contributed by atoms with Crippen molar-refractivity contribution >= 4 is 21.6 Å². The molecule has 1 fully saturated rings. The number of rotatable bonds is 4. The molecule has 20 heavy (non-hydrogen) atoms. The molecule has 0 radical (unpaired) electrons. The minimum atomic E-state index is 0.214. The lowest BCUT2D eigenvalue weighted by molar-refractivity contribution is 0.631. The molecule has 3 nitrogen and oxygen atoms in total. The second-order valence-corrected chi connectivity index (χ2v) is 6.67. The van der Waals surface area contributed by atoms with Crippen molar-refractivity contribution in [3.63, 3.8) is 0 Å². The number of fused-ring (bicyclic) bond motifs is 1. The van der Waals surface area contributed by atoms with Gasteiger partial charge in [-0.05, 0) is 42.5 Å². The van der Waals surface area contributed by atoms with Gasteiger partial charge in [-0.1, -0.05) is 12.1 Å². The van der Waals surface area contributed by atoms with Gasteiger partial charge in [0.2, 0.25) is 0 Å². The molecule has 3 aromatic rings. The molecule has 0 aliphatic heterocycles. The van der Waals surface area contributed by atoms with Crippen molar-refractivity contribution in [3.05, 3.63) is 53.3 Å². The fourth-order valence-corrected chi connectivity index (χ4v) is 3.60. The summed E-state index contributed by atoms with van der Waals surface area (Å²) in [7, 11) is 0. The Hall–Kier alpha value is -1.65. The van der Waals surface area contributed by atoms with Gasteiger partial charge >= 0.3 is 0 Å². The molecule has 1 aromatic carbocycles. The quantitative estimate of drug-likeness (QED) is 0.795. The highest BCUT2D eigenvalue weighted by Gasteiger charge is 2.29. The molecule has 1 aliphatic rings. The van der Waals surface area contributed by atoms with Crippen molar-refractivity contribution in [1.82, 2.24) is 9.55 Å². The van der Waals surface area contributed by atoms with E-state index in [1.54, 1.807) is 11.3 Å². The third-order valence-electron chi connectivity index (χ3n) is 3.94. The predicted molar refractivity (Wildman–Crippen MR) is 82.8 cm³/mol. The molecule has 1 unspecified atom stereocenters. The molecule has 102 valence electrons. The highest BCUT2D eigenvalue weighted by Crippen LogP contribution is 2.39. The average Bonchev–Trinajstić information content (AvgIpc) is 3.07. The first-order valence-corrected chi connectivity index (χ1v) is 7.87. The van der Waals surface area contributed by atoms with Crippen LogP contribution in [-0.2, 0) is 6.54 Å². The van der Waals surface area contributed by atoms with Crippen molar-refractivity contribution in [2.24, 2.45) is 11.7 Å². The maximum Gasteiger partial charge on any atom is 0.114 e. The monoisotopic (exact) mass is 283 g/mol. The van der Waals surface area contributed by atoms with Crippen molar-refractivity contribution < 1.29 is 0 Å². The van der Waals surface area contributed by atoms with E-state index in [-0.39, 0.29) is 6.04 Å². The van der Waals surface area contributed by atoms with Crippen LogP contribution in [0.4, 0.5) is 0 Å². The van der Waals surface area contributed by atoms with Gasteiger partial charge in [0, 0.05) is 18.4 Å². The zero-order valence-corrected chi connectivity index (χ0v) is 12.0. The lowest BCUT2D eigenvalue weighted by atomic mass is 10.1. The zero-order chi connectivity index (χ0) is 13.5. The third-order valence-corrected chi connectivity index (χ3v) is 4.97. The lowest BCUT2D eigenvalue weighted by Crippen LogP contribution is -2.11. The Labute approximate surface area is 122 Å². The summed E-state index contributed by atoms with van der Waals surface area (Å²) in [6.45, 7) is 0.830. The first-order valence-electron chi connectivity index (χ1n) is 7.05. The van der Waals surface area contributed by atoms with E-state index >= 15 is 0 Å². The number of aromatic nitrogens is 2. The molecular weight excluding hydrogens is 266 g/mol. The Balaban J connectivity index is 1.56. The van der Waals surface area contributed by atoms with Gasteiger partial charge in [-0.15, -0.1) is 11.3 Å². The number of nitrogens with two attached hydrogens (primary N) is 1. The Morgan fingerprint density at radius 3 is 2.95 bits per heavy atom. The van der Waals surface area contributed by atoms with Crippen LogP contribution in [0.25, 0.3) is 10.2 Å². The highest BCUT2D eigenvalue weighted by atomic mass is 32.1. The molecule has 0 bridgehead atoms. The summed E-state index contributed by atoms with van der Waals surface area (Å²) in [5, 5.41) is 1.15. The van der Waals surface area contributed by atoms with Crippen molar-refractivity contribution in [1.29, 1.82) is 0 Å². The van der Waals surface area contributed by atoms with E-state index < -0.39 is 0 Å². The van der Waals surface area contributed by atoms with Crippen LogP contribution in [0.5, 0.6) is 0 Å². The minimum absolute atomic E-state index is 0.214. The maximum absolute atomic E-state index is 6.24. The summed E-state index contributed by atoms with van der Waals surface area (Å²) in [6, 6.07) is 10.7. The van der Waals surface area contributed by atoms with E-state index in [0.29, 0.717) is 5.92 Å². The lowest BCUT2D eigenvalue weighted by Gasteiger charge is -2.06. The van der Waals surface area contributed by atoms with Crippen LogP contribution in [0.2, 0.25) is 0 Å². The van der Waals surface area contributed by atoms with Crippen LogP contribution < -0.4 is 5.73 Å². The van der Waals surface area contributed by atoms with Gasteiger partial charge in [0.15, 0.2) is 0 Å². The Morgan fingerprint density at radius 2 is 2.15 bits per heavy atom. The smallest absolute Gasteiger partial charge is 0.114 e. The molecule has 1 atom stereocenters. The molecule has 0 spiro atoms. The number of nitrogens with zero attached hydrogens (tertiary/aromatic N) is 2. The summed E-state index contributed by atoms with van der Waals surface area (Å²) < 4.78 is 3.44. The van der Waals surface area contributed by atoms with Crippen LogP contribution in [0.15, 0.2) is 42.7 Å². The molecule has 1 aliphatic carbocycles. The molecule has 4 heteroatoms. The van der Waals surface area contributed by atoms with Gasteiger partial charge in [0.25, 0.3) is 0 Å². The second kappa shape index (κ2) is 4.72. The van der Waals surface area contributed by atoms with Crippen LogP contribution in [0.1, 0.15) is 29.5 Å². The average molecular weight is 283 g/mol. The minimum Gasteiger partial charge on any atom is -0.347 e. The van der Waals surface area contributed by atoms with Gasteiger partial charge < -0.3 is 10.3 Å². The summed E-state index contributed by atoms with van der Waals surface area (Å²) in [4.78, 5) is 4.68. The normalized spacial score (nSPS) is 16.6. The number of para-hydroxylation sites is 1. The maximum atomic E-state index is 6.24. The number of hydrogen-bond donors (Lipinski definition) is 1. The molecule has 0 saturated heterocycles. The predicted octanol–water partition coefficient (Wildman–Crippen LogP) is 3.56. The van der Waals surface area contributed by atoms with E-state index in [9.17, 15) is 0 Å². The Bertz CT molecular complexity index is 706. The molecule has 2 N–H and O–H groups in total. The number of thiazole rings is 1. The third kappa shape index (κ3) is 2.25. The van der Waals surface area contributed by atoms with Gasteiger partial charge in [-0.3, -0.25) is 0 Å².